The Balaban J connectivity index is 2.91. The Morgan fingerprint density at radius 2 is 2.33 bits per heavy atom. The van der Waals surface area contributed by atoms with E-state index in [1.807, 2.05) is 0 Å². The summed E-state index contributed by atoms with van der Waals surface area (Å²) < 4.78 is 1.86. The maximum Gasteiger partial charge on any atom is 0.355 e. The van der Waals surface area contributed by atoms with Gasteiger partial charge < -0.3 is 9.67 Å². The number of aromatic carboxylic acids is 1. The lowest BCUT2D eigenvalue weighted by atomic mass is 10.3. The van der Waals surface area contributed by atoms with Crippen LogP contribution in [0.1, 0.15) is 10.5 Å². The SMILES string of the molecule is Cn1cnc2c(Cl)c(Br)c(C(=O)O)nc21. The average molecular weight is 291 g/mol. The third-order valence-corrected chi connectivity index (χ3v) is 3.30. The first kappa shape index (κ1) is 10.4. The number of nitrogens with zero attached hydrogens (tertiary/aromatic N) is 3. The summed E-state index contributed by atoms with van der Waals surface area (Å²) >= 11 is 9.05. The van der Waals surface area contributed by atoms with E-state index in [2.05, 4.69) is 25.9 Å². The largest absolute Gasteiger partial charge is 0.476 e. The summed E-state index contributed by atoms with van der Waals surface area (Å²) in [7, 11) is 1.72. The molecule has 2 aromatic rings. The number of rotatable bonds is 1. The molecule has 2 heterocycles. The van der Waals surface area contributed by atoms with Gasteiger partial charge >= 0.3 is 5.97 Å². The molecule has 0 aliphatic heterocycles. The van der Waals surface area contributed by atoms with Crippen LogP contribution in [0.25, 0.3) is 11.2 Å². The fraction of sp³-hybridized carbons (Fsp3) is 0.125. The number of imidazole rings is 1. The van der Waals surface area contributed by atoms with Gasteiger partial charge in [-0.05, 0) is 15.9 Å². The minimum absolute atomic E-state index is 0.115. The molecule has 0 amide bonds. The standard InChI is InChI=1S/C8H5BrClN3O2/c1-13-2-11-6-4(10)3(9)5(8(14)15)12-7(6)13/h2H,1H3,(H,14,15). The zero-order chi connectivity index (χ0) is 11.2. The Bertz CT molecular complexity index is 567. The molecule has 0 atom stereocenters. The Morgan fingerprint density at radius 1 is 1.67 bits per heavy atom. The van der Waals surface area contributed by atoms with E-state index in [4.69, 9.17) is 16.7 Å². The highest BCUT2D eigenvalue weighted by atomic mass is 79.9. The highest BCUT2D eigenvalue weighted by Gasteiger charge is 2.18. The fourth-order valence-electron chi connectivity index (χ4n) is 1.22. The van der Waals surface area contributed by atoms with E-state index in [1.165, 1.54) is 6.33 Å². The molecule has 2 aromatic heterocycles. The first-order valence-electron chi connectivity index (χ1n) is 3.91. The molecule has 0 spiro atoms. The van der Waals surface area contributed by atoms with Gasteiger partial charge in [0.25, 0.3) is 0 Å². The molecule has 5 nitrogen and oxygen atoms in total. The van der Waals surface area contributed by atoms with Crippen LogP contribution >= 0.6 is 27.5 Å². The predicted molar refractivity (Wildman–Crippen MR) is 58.2 cm³/mol. The van der Waals surface area contributed by atoms with Gasteiger partial charge in [0.15, 0.2) is 11.3 Å². The normalized spacial score (nSPS) is 10.9. The van der Waals surface area contributed by atoms with Crippen LogP contribution < -0.4 is 0 Å². The Kier molecular flexibility index (Phi) is 2.40. The third kappa shape index (κ3) is 1.49. The molecule has 0 unspecified atom stereocenters. The predicted octanol–water partition coefficient (Wildman–Crippen LogP) is 2.08. The van der Waals surface area contributed by atoms with E-state index in [0.29, 0.717) is 11.2 Å². The molecular weight excluding hydrogens is 285 g/mol. The zero-order valence-electron chi connectivity index (χ0n) is 7.53. The van der Waals surface area contributed by atoms with Crippen LogP contribution in [0, 0.1) is 0 Å². The van der Waals surface area contributed by atoms with Crippen molar-refractivity contribution in [3.63, 3.8) is 0 Å². The summed E-state index contributed by atoms with van der Waals surface area (Å²) in [5.74, 6) is -1.13. The molecule has 1 N–H and O–H groups in total. The van der Waals surface area contributed by atoms with Gasteiger partial charge in [0.1, 0.15) is 5.52 Å². The number of carboxylic acid groups (broad SMARTS) is 1. The van der Waals surface area contributed by atoms with Gasteiger partial charge in [-0.2, -0.15) is 0 Å². The van der Waals surface area contributed by atoms with Crippen molar-refractivity contribution < 1.29 is 9.90 Å². The van der Waals surface area contributed by atoms with E-state index in [-0.39, 0.29) is 15.2 Å². The smallest absolute Gasteiger partial charge is 0.355 e. The second-order valence-electron chi connectivity index (χ2n) is 2.92. The molecule has 2 rings (SSSR count). The first-order chi connectivity index (χ1) is 7.02. The molecule has 0 bridgehead atoms. The van der Waals surface area contributed by atoms with Gasteiger partial charge in [0, 0.05) is 7.05 Å². The minimum Gasteiger partial charge on any atom is -0.476 e. The topological polar surface area (TPSA) is 68.0 Å². The molecule has 0 aromatic carbocycles. The summed E-state index contributed by atoms with van der Waals surface area (Å²) in [6.45, 7) is 0. The van der Waals surface area contributed by atoms with E-state index in [1.54, 1.807) is 11.6 Å². The van der Waals surface area contributed by atoms with Crippen LogP contribution in [0.5, 0.6) is 0 Å². The maximum atomic E-state index is 10.9. The molecule has 15 heavy (non-hydrogen) atoms. The fourth-order valence-corrected chi connectivity index (χ4v) is 1.88. The van der Waals surface area contributed by atoms with E-state index < -0.39 is 5.97 Å². The Morgan fingerprint density at radius 3 is 2.93 bits per heavy atom. The van der Waals surface area contributed by atoms with Crippen molar-refractivity contribution in [3.8, 4) is 0 Å². The second kappa shape index (κ2) is 3.46. The van der Waals surface area contributed by atoms with Crippen LogP contribution in [0.15, 0.2) is 10.8 Å². The molecule has 0 aliphatic rings. The van der Waals surface area contributed by atoms with E-state index in [9.17, 15) is 4.79 Å². The number of carboxylic acids is 1. The quantitative estimate of drug-likeness (QED) is 0.873. The number of carbonyl (C=O) groups is 1. The van der Waals surface area contributed by atoms with Crippen molar-refractivity contribution in [2.45, 2.75) is 0 Å². The molecule has 0 saturated carbocycles. The maximum absolute atomic E-state index is 10.9. The summed E-state index contributed by atoms with van der Waals surface area (Å²) in [6.07, 6.45) is 1.53. The molecule has 0 aliphatic carbocycles. The number of hydrogen-bond donors (Lipinski definition) is 1. The summed E-state index contributed by atoms with van der Waals surface area (Å²) in [6, 6.07) is 0. The number of aromatic nitrogens is 3. The molecule has 0 saturated heterocycles. The van der Waals surface area contributed by atoms with Crippen molar-refractivity contribution in [1.82, 2.24) is 14.5 Å². The molecule has 78 valence electrons. The van der Waals surface area contributed by atoms with E-state index >= 15 is 0 Å². The van der Waals surface area contributed by atoms with Crippen molar-refractivity contribution in [3.05, 3.63) is 21.5 Å². The summed E-state index contributed by atoms with van der Waals surface area (Å²) in [5.41, 5.74) is 0.813. The highest BCUT2D eigenvalue weighted by Crippen LogP contribution is 2.31. The lowest BCUT2D eigenvalue weighted by Crippen LogP contribution is -2.03. The zero-order valence-corrected chi connectivity index (χ0v) is 9.87. The van der Waals surface area contributed by atoms with Crippen molar-refractivity contribution >= 4 is 44.7 Å². The highest BCUT2D eigenvalue weighted by molar-refractivity contribution is 9.10. The van der Waals surface area contributed by atoms with Crippen molar-refractivity contribution in [1.29, 1.82) is 0 Å². The Labute approximate surface area is 97.8 Å². The first-order valence-corrected chi connectivity index (χ1v) is 5.08. The molecule has 7 heteroatoms. The molecule has 0 radical (unpaired) electrons. The minimum atomic E-state index is -1.13. The summed E-state index contributed by atoms with van der Waals surface area (Å²) in [5, 5.41) is 9.16. The number of hydrogen-bond acceptors (Lipinski definition) is 3. The van der Waals surface area contributed by atoms with Crippen LogP contribution in [-0.4, -0.2) is 25.6 Å². The van der Waals surface area contributed by atoms with Gasteiger partial charge in [0.2, 0.25) is 0 Å². The lowest BCUT2D eigenvalue weighted by molar-refractivity contribution is 0.0690. The van der Waals surface area contributed by atoms with E-state index in [0.717, 1.165) is 0 Å². The van der Waals surface area contributed by atoms with Crippen molar-refractivity contribution in [2.24, 2.45) is 7.05 Å². The number of fused-ring (bicyclic) bond motifs is 1. The lowest BCUT2D eigenvalue weighted by Gasteiger charge is -2.02. The average Bonchev–Trinajstić information content (AvgIpc) is 2.53. The van der Waals surface area contributed by atoms with Crippen LogP contribution in [0.3, 0.4) is 0 Å². The van der Waals surface area contributed by atoms with Crippen molar-refractivity contribution in [2.75, 3.05) is 0 Å². The second-order valence-corrected chi connectivity index (χ2v) is 4.09. The van der Waals surface area contributed by atoms with Gasteiger partial charge in [0.05, 0.1) is 15.8 Å². The Hall–Kier alpha value is -1.14. The van der Waals surface area contributed by atoms with Gasteiger partial charge in [-0.15, -0.1) is 0 Å². The van der Waals surface area contributed by atoms with Crippen LogP contribution in [0.2, 0.25) is 5.02 Å². The summed E-state index contributed by atoms with van der Waals surface area (Å²) in [4.78, 5) is 18.9. The number of pyridine rings is 1. The van der Waals surface area contributed by atoms with Gasteiger partial charge in [-0.25, -0.2) is 14.8 Å². The number of aryl methyl sites for hydroxylation is 1. The molecule has 0 fully saturated rings. The van der Waals surface area contributed by atoms with Crippen LogP contribution in [0.4, 0.5) is 0 Å². The number of halogens is 2. The van der Waals surface area contributed by atoms with Crippen LogP contribution in [-0.2, 0) is 7.05 Å². The van der Waals surface area contributed by atoms with Gasteiger partial charge in [-0.1, -0.05) is 11.6 Å². The monoisotopic (exact) mass is 289 g/mol. The third-order valence-electron chi connectivity index (χ3n) is 1.93. The van der Waals surface area contributed by atoms with Gasteiger partial charge in [-0.3, -0.25) is 0 Å². The molecular formula is C8H5BrClN3O2.